The highest BCUT2D eigenvalue weighted by Gasteiger charge is 2.22. The van der Waals surface area contributed by atoms with Crippen LogP contribution in [0.1, 0.15) is 5.56 Å². The van der Waals surface area contributed by atoms with Gasteiger partial charge in [0.05, 0.1) is 6.67 Å². The van der Waals surface area contributed by atoms with Crippen LogP contribution in [0.3, 0.4) is 0 Å². The molecule has 1 aromatic rings. The molecule has 4 heteroatoms. The molecule has 1 aliphatic rings. The van der Waals surface area contributed by atoms with E-state index in [-0.39, 0.29) is 18.5 Å². The van der Waals surface area contributed by atoms with Gasteiger partial charge in [-0.2, -0.15) is 0 Å². The zero-order chi connectivity index (χ0) is 11.4. The number of nitrogens with zero attached hydrogens (tertiary/aromatic N) is 1. The lowest BCUT2D eigenvalue weighted by molar-refractivity contribution is -0.137. The molecule has 2 rings (SSSR count). The second-order valence-electron chi connectivity index (χ2n) is 3.51. The molecule has 1 heterocycles. The van der Waals surface area contributed by atoms with Crippen molar-refractivity contribution in [1.82, 2.24) is 10.2 Å². The van der Waals surface area contributed by atoms with Gasteiger partial charge in [0.15, 0.2) is 0 Å². The Kier molecular flexibility index (Phi) is 3.12. The third-order valence-corrected chi connectivity index (χ3v) is 2.34. The topological polar surface area (TPSA) is 49.4 Å². The summed E-state index contributed by atoms with van der Waals surface area (Å²) in [7, 11) is 0. The van der Waals surface area contributed by atoms with Crippen LogP contribution in [0, 0.1) is 0 Å². The van der Waals surface area contributed by atoms with Crippen molar-refractivity contribution in [1.29, 1.82) is 0 Å². The van der Waals surface area contributed by atoms with E-state index in [0.717, 1.165) is 5.56 Å². The standard InChI is InChI=1S/C12H12N2O2/c15-11-6-7-12(16)14(11)9-13-8-10-4-2-1-3-5-10/h1-7,13H,8-9H2. The van der Waals surface area contributed by atoms with E-state index >= 15 is 0 Å². The van der Waals surface area contributed by atoms with Gasteiger partial charge in [-0.1, -0.05) is 30.3 Å². The first kappa shape index (κ1) is 10.6. The van der Waals surface area contributed by atoms with Gasteiger partial charge in [-0.25, -0.2) is 0 Å². The Bertz CT molecular complexity index is 408. The Labute approximate surface area is 93.6 Å². The Morgan fingerprint density at radius 2 is 1.62 bits per heavy atom. The average molecular weight is 216 g/mol. The van der Waals surface area contributed by atoms with Crippen LogP contribution in [0.4, 0.5) is 0 Å². The van der Waals surface area contributed by atoms with Crippen LogP contribution in [-0.2, 0) is 16.1 Å². The maximum absolute atomic E-state index is 11.2. The molecule has 0 aromatic heterocycles. The van der Waals surface area contributed by atoms with Crippen molar-refractivity contribution in [3.05, 3.63) is 48.0 Å². The van der Waals surface area contributed by atoms with Crippen molar-refractivity contribution in [3.63, 3.8) is 0 Å². The lowest BCUT2D eigenvalue weighted by Gasteiger charge is -2.14. The van der Waals surface area contributed by atoms with Crippen LogP contribution >= 0.6 is 0 Å². The minimum Gasteiger partial charge on any atom is -0.295 e. The molecule has 2 amide bonds. The summed E-state index contributed by atoms with van der Waals surface area (Å²) in [5.41, 5.74) is 1.12. The van der Waals surface area contributed by atoms with E-state index in [1.165, 1.54) is 17.1 Å². The van der Waals surface area contributed by atoms with Gasteiger partial charge in [-0.3, -0.25) is 19.8 Å². The van der Waals surface area contributed by atoms with Gasteiger partial charge >= 0.3 is 0 Å². The predicted molar refractivity (Wildman–Crippen MR) is 59.1 cm³/mol. The van der Waals surface area contributed by atoms with Gasteiger partial charge in [-0.15, -0.1) is 0 Å². The highest BCUT2D eigenvalue weighted by atomic mass is 16.2. The molecule has 82 valence electrons. The number of carbonyl (C=O) groups is 2. The fourth-order valence-electron chi connectivity index (χ4n) is 1.49. The Morgan fingerprint density at radius 3 is 2.25 bits per heavy atom. The maximum atomic E-state index is 11.2. The number of carbonyl (C=O) groups excluding carboxylic acids is 2. The second kappa shape index (κ2) is 4.72. The Morgan fingerprint density at radius 1 is 1.00 bits per heavy atom. The zero-order valence-electron chi connectivity index (χ0n) is 8.72. The lowest BCUT2D eigenvalue weighted by Crippen LogP contribution is -2.38. The molecule has 1 aromatic carbocycles. The minimum atomic E-state index is -0.259. The highest BCUT2D eigenvalue weighted by molar-refractivity contribution is 6.12. The molecule has 0 atom stereocenters. The first-order chi connectivity index (χ1) is 7.77. The normalized spacial score (nSPS) is 14.9. The van der Waals surface area contributed by atoms with Crippen molar-refractivity contribution in [2.75, 3.05) is 6.67 Å². The number of imide groups is 1. The van der Waals surface area contributed by atoms with Gasteiger partial charge in [0.2, 0.25) is 0 Å². The molecule has 0 saturated carbocycles. The summed E-state index contributed by atoms with van der Waals surface area (Å²) in [4.78, 5) is 23.6. The van der Waals surface area contributed by atoms with Crippen molar-refractivity contribution in [2.45, 2.75) is 6.54 Å². The van der Waals surface area contributed by atoms with Gasteiger partial charge in [0, 0.05) is 18.7 Å². The summed E-state index contributed by atoms with van der Waals surface area (Å²) in [5, 5.41) is 3.05. The van der Waals surface area contributed by atoms with E-state index in [0.29, 0.717) is 6.54 Å². The number of rotatable bonds is 4. The first-order valence-corrected chi connectivity index (χ1v) is 5.05. The fraction of sp³-hybridized carbons (Fsp3) is 0.167. The number of nitrogens with one attached hydrogen (secondary N) is 1. The average Bonchev–Trinajstić information content (AvgIpc) is 2.62. The summed E-state index contributed by atoms with van der Waals surface area (Å²) in [6.45, 7) is 0.886. The van der Waals surface area contributed by atoms with Crippen molar-refractivity contribution in [3.8, 4) is 0 Å². The second-order valence-corrected chi connectivity index (χ2v) is 3.51. The molecule has 0 bridgehead atoms. The SMILES string of the molecule is O=C1C=CC(=O)N1CNCc1ccccc1. The summed E-state index contributed by atoms with van der Waals surface area (Å²) in [5.74, 6) is -0.517. The zero-order valence-corrected chi connectivity index (χ0v) is 8.72. The molecule has 0 fully saturated rings. The summed E-state index contributed by atoms with van der Waals surface area (Å²) in [6.07, 6.45) is 2.57. The maximum Gasteiger partial charge on any atom is 0.254 e. The molecule has 4 nitrogen and oxygen atoms in total. The van der Waals surface area contributed by atoms with E-state index < -0.39 is 0 Å². The Balaban J connectivity index is 1.81. The van der Waals surface area contributed by atoms with E-state index in [1.807, 2.05) is 30.3 Å². The molecular weight excluding hydrogens is 204 g/mol. The Hall–Kier alpha value is -1.94. The minimum absolute atomic E-state index is 0.250. The van der Waals surface area contributed by atoms with Crippen molar-refractivity contribution in [2.24, 2.45) is 0 Å². The van der Waals surface area contributed by atoms with Crippen LogP contribution in [0.2, 0.25) is 0 Å². The van der Waals surface area contributed by atoms with Crippen LogP contribution < -0.4 is 5.32 Å². The van der Waals surface area contributed by atoms with E-state index in [1.54, 1.807) is 0 Å². The molecular formula is C12H12N2O2. The number of hydrogen-bond donors (Lipinski definition) is 1. The summed E-state index contributed by atoms with van der Waals surface area (Å²) < 4.78 is 0. The largest absolute Gasteiger partial charge is 0.295 e. The fourth-order valence-corrected chi connectivity index (χ4v) is 1.49. The number of hydrogen-bond acceptors (Lipinski definition) is 3. The summed E-state index contributed by atoms with van der Waals surface area (Å²) >= 11 is 0. The molecule has 1 N–H and O–H groups in total. The lowest BCUT2D eigenvalue weighted by atomic mass is 10.2. The van der Waals surface area contributed by atoms with Gasteiger partial charge in [0.1, 0.15) is 0 Å². The smallest absolute Gasteiger partial charge is 0.254 e. The summed E-state index contributed by atoms with van der Waals surface area (Å²) in [6, 6.07) is 9.81. The molecule has 0 unspecified atom stereocenters. The van der Waals surface area contributed by atoms with E-state index in [2.05, 4.69) is 5.32 Å². The van der Waals surface area contributed by atoms with Crippen molar-refractivity contribution >= 4 is 11.8 Å². The third-order valence-electron chi connectivity index (χ3n) is 2.34. The van der Waals surface area contributed by atoms with Crippen LogP contribution in [0.5, 0.6) is 0 Å². The quantitative estimate of drug-likeness (QED) is 0.752. The molecule has 16 heavy (non-hydrogen) atoms. The number of amides is 2. The van der Waals surface area contributed by atoms with Gasteiger partial charge < -0.3 is 0 Å². The molecule has 1 aliphatic heterocycles. The predicted octanol–water partition coefficient (Wildman–Crippen LogP) is 0.659. The van der Waals surface area contributed by atoms with Gasteiger partial charge in [0.25, 0.3) is 11.8 Å². The molecule has 0 aliphatic carbocycles. The van der Waals surface area contributed by atoms with Crippen LogP contribution in [-0.4, -0.2) is 23.4 Å². The number of benzene rings is 1. The van der Waals surface area contributed by atoms with E-state index in [9.17, 15) is 9.59 Å². The molecule has 0 saturated heterocycles. The van der Waals surface area contributed by atoms with Gasteiger partial charge in [-0.05, 0) is 5.56 Å². The third kappa shape index (κ3) is 2.35. The van der Waals surface area contributed by atoms with Crippen LogP contribution in [0.15, 0.2) is 42.5 Å². The highest BCUT2D eigenvalue weighted by Crippen LogP contribution is 2.02. The van der Waals surface area contributed by atoms with Crippen LogP contribution in [0.25, 0.3) is 0 Å². The van der Waals surface area contributed by atoms with E-state index in [4.69, 9.17) is 0 Å². The molecule has 0 radical (unpaired) electrons. The van der Waals surface area contributed by atoms with Crippen molar-refractivity contribution < 1.29 is 9.59 Å². The first-order valence-electron chi connectivity index (χ1n) is 5.05. The molecule has 0 spiro atoms. The monoisotopic (exact) mass is 216 g/mol.